The van der Waals surface area contributed by atoms with E-state index in [9.17, 15) is 15.0 Å². The van der Waals surface area contributed by atoms with Crippen molar-refractivity contribution in [3.05, 3.63) is 144 Å². The first-order chi connectivity index (χ1) is 33.4. The topological polar surface area (TPSA) is 164 Å². The number of aliphatic hydroxyl groups is 2. The quantitative estimate of drug-likeness (QED) is 0.120. The summed E-state index contributed by atoms with van der Waals surface area (Å²) in [5.74, 6) is 2.49. The number of hydrogen-bond donors (Lipinski definition) is 5. The van der Waals surface area contributed by atoms with Crippen LogP contribution in [0.5, 0.6) is 0 Å². The first kappa shape index (κ1) is 43.8. The van der Waals surface area contributed by atoms with Crippen LogP contribution in [0, 0.1) is 11.8 Å². The summed E-state index contributed by atoms with van der Waals surface area (Å²) in [7, 11) is 0. The van der Waals surface area contributed by atoms with E-state index in [-0.39, 0.29) is 12.5 Å². The predicted octanol–water partition coefficient (Wildman–Crippen LogP) is 6.77. The van der Waals surface area contributed by atoms with Crippen molar-refractivity contribution in [2.45, 2.75) is 51.0 Å². The van der Waals surface area contributed by atoms with Crippen LogP contribution in [0.1, 0.15) is 30.4 Å². The van der Waals surface area contributed by atoms with E-state index in [2.05, 4.69) is 95.0 Å². The van der Waals surface area contributed by atoms with Crippen molar-refractivity contribution in [2.75, 3.05) is 69.5 Å². The van der Waals surface area contributed by atoms with Gasteiger partial charge in [-0.3, -0.25) is 14.6 Å². The molecule has 0 radical (unpaired) electrons. The first-order valence-electron chi connectivity index (χ1n) is 24.2. The normalized spacial score (nSPS) is 22.1. The predicted molar refractivity (Wildman–Crippen MR) is 267 cm³/mol. The number of pyridine rings is 1. The summed E-state index contributed by atoms with van der Waals surface area (Å²) in [6, 6.07) is 28.8. The number of benzene rings is 3. The van der Waals surface area contributed by atoms with E-state index in [0.29, 0.717) is 49.7 Å². The van der Waals surface area contributed by atoms with Gasteiger partial charge in [0.05, 0.1) is 29.6 Å². The number of carbonyl (C=O) groups is 1. The Kier molecular flexibility index (Phi) is 12.6. The highest BCUT2D eigenvalue weighted by molar-refractivity contribution is 5.92. The largest absolute Gasteiger partial charge is 0.390 e. The Morgan fingerprint density at radius 2 is 1.74 bits per heavy atom. The van der Waals surface area contributed by atoms with E-state index < -0.39 is 12.2 Å². The summed E-state index contributed by atoms with van der Waals surface area (Å²) in [4.78, 5) is 41.5. The molecule has 14 nitrogen and oxygen atoms in total. The molecule has 4 atom stereocenters. The third-order valence-electron chi connectivity index (χ3n) is 14.5. The molecule has 5 N–H and O–H groups in total. The Balaban J connectivity index is 0.000000153. The highest BCUT2D eigenvalue weighted by atomic mass is 16.3. The van der Waals surface area contributed by atoms with E-state index in [4.69, 9.17) is 4.98 Å². The average Bonchev–Trinajstić information content (AvgIpc) is 4.14. The molecule has 1 saturated heterocycles. The fourth-order valence-corrected chi connectivity index (χ4v) is 10.9. The van der Waals surface area contributed by atoms with E-state index in [1.807, 2.05) is 58.1 Å². The zero-order valence-electron chi connectivity index (χ0n) is 38.3. The van der Waals surface area contributed by atoms with Gasteiger partial charge in [-0.2, -0.15) is 0 Å². The lowest BCUT2D eigenvalue weighted by atomic mass is 9.79. The Bertz CT molecular complexity index is 2990. The first-order valence-corrected chi connectivity index (χ1v) is 24.2. The van der Waals surface area contributed by atoms with Gasteiger partial charge in [0.1, 0.15) is 18.0 Å². The number of nitrogens with one attached hydrogen (secondary N) is 3. The molecule has 3 aromatic carbocycles. The summed E-state index contributed by atoms with van der Waals surface area (Å²) >= 11 is 0. The van der Waals surface area contributed by atoms with Crippen LogP contribution >= 0.6 is 0 Å². The third-order valence-corrected chi connectivity index (χ3v) is 14.5. The number of carbonyl (C=O) groups excluding carboxylic acids is 1. The Morgan fingerprint density at radius 3 is 2.65 bits per heavy atom. The number of imidazole rings is 1. The van der Waals surface area contributed by atoms with Crippen molar-refractivity contribution in [1.82, 2.24) is 44.2 Å². The molecule has 7 aromatic rings. The van der Waals surface area contributed by atoms with Crippen molar-refractivity contribution in [3.8, 4) is 22.5 Å². The van der Waals surface area contributed by atoms with Gasteiger partial charge in [0.15, 0.2) is 5.82 Å². The van der Waals surface area contributed by atoms with E-state index >= 15 is 0 Å². The van der Waals surface area contributed by atoms with Gasteiger partial charge in [-0.1, -0.05) is 66.3 Å². The zero-order chi connectivity index (χ0) is 46.0. The molecular formula is C54H59N11O3. The lowest BCUT2D eigenvalue weighted by Gasteiger charge is -2.37. The third kappa shape index (κ3) is 9.54. The van der Waals surface area contributed by atoms with E-state index in [1.165, 1.54) is 16.7 Å². The van der Waals surface area contributed by atoms with Crippen LogP contribution in [-0.2, 0) is 24.3 Å². The van der Waals surface area contributed by atoms with E-state index in [0.717, 1.165) is 109 Å². The maximum absolute atomic E-state index is 13.3. The smallest absolute Gasteiger partial charge is 0.242 e. The van der Waals surface area contributed by atoms with Crippen molar-refractivity contribution < 1.29 is 15.0 Å². The molecular weight excluding hydrogens is 851 g/mol. The van der Waals surface area contributed by atoms with Crippen molar-refractivity contribution >= 4 is 39.5 Å². The number of rotatable bonds is 6. The second kappa shape index (κ2) is 19.5. The van der Waals surface area contributed by atoms with Gasteiger partial charge in [-0.05, 0) is 90.3 Å². The summed E-state index contributed by atoms with van der Waals surface area (Å²) < 4.78 is 1.93. The fourth-order valence-electron chi connectivity index (χ4n) is 10.9. The highest BCUT2D eigenvalue weighted by Crippen LogP contribution is 2.40. The van der Waals surface area contributed by atoms with Gasteiger partial charge < -0.3 is 35.3 Å². The van der Waals surface area contributed by atoms with Crippen LogP contribution in [0.3, 0.4) is 0 Å². The lowest BCUT2D eigenvalue weighted by molar-refractivity contribution is -0.133. The molecule has 68 heavy (non-hydrogen) atoms. The number of nitrogens with zero attached hydrogens (tertiary/aromatic N) is 8. The number of piperidine rings is 1. The van der Waals surface area contributed by atoms with Crippen molar-refractivity contribution in [3.63, 3.8) is 0 Å². The molecule has 0 saturated carbocycles. The number of aromatic amines is 1. The second-order valence-electron chi connectivity index (χ2n) is 19.0. The number of hydrogen-bond acceptors (Lipinski definition) is 11. The Hall–Kier alpha value is -6.71. The molecule has 1 amide bonds. The molecule has 14 heteroatoms. The summed E-state index contributed by atoms with van der Waals surface area (Å²) in [6.07, 6.45) is 15.1. The molecule has 10 heterocycles. The van der Waals surface area contributed by atoms with Crippen LogP contribution in [0.2, 0.25) is 0 Å². The Morgan fingerprint density at radius 1 is 0.853 bits per heavy atom. The van der Waals surface area contributed by atoms with Gasteiger partial charge in [-0.25, -0.2) is 19.9 Å². The molecule has 14 rings (SSSR count). The summed E-state index contributed by atoms with van der Waals surface area (Å²) in [5.41, 5.74) is 12.6. The number of β-amino-alcohol motifs (C(OH)–C–C–N with tert-alkyl or cyclic N) is 1. The van der Waals surface area contributed by atoms with Gasteiger partial charge >= 0.3 is 0 Å². The number of aliphatic hydroxyl groups excluding tert-OH is 2. The van der Waals surface area contributed by atoms with Crippen molar-refractivity contribution in [1.29, 1.82) is 0 Å². The van der Waals surface area contributed by atoms with Gasteiger partial charge in [-0.15, -0.1) is 0 Å². The SMILES string of the molecule is O=C1Cn2ccc3cnc(nc32)-c2ccnc(c2)NCC(O)CN2CCC3=C(C=CC3C3CCN1CC3)C2.OC(CNc1cccc(-c2cccc3[nH]cnc23)c1)CN1CCc2ccccc2C1. The maximum Gasteiger partial charge on any atom is 0.242 e. The minimum absolute atomic E-state index is 0.146. The van der Waals surface area contributed by atoms with Gasteiger partial charge in [0, 0.05) is 112 Å². The number of fused-ring (bicyclic) bond motifs is 3. The van der Waals surface area contributed by atoms with Gasteiger partial charge in [0.25, 0.3) is 0 Å². The van der Waals surface area contributed by atoms with Crippen LogP contribution in [0.15, 0.2) is 133 Å². The molecule has 4 aromatic heterocycles. The molecule has 7 aliphatic rings. The highest BCUT2D eigenvalue weighted by Gasteiger charge is 2.34. The minimum atomic E-state index is -0.501. The number of para-hydroxylation sites is 1. The fraction of sp³-hybridized carbons (Fsp3) is 0.352. The molecule has 348 valence electrons. The molecule has 0 spiro atoms. The van der Waals surface area contributed by atoms with Gasteiger partial charge in [0.2, 0.25) is 5.91 Å². The van der Waals surface area contributed by atoms with Crippen molar-refractivity contribution in [2.24, 2.45) is 11.8 Å². The Labute approximate surface area is 396 Å². The molecule has 1 aliphatic carbocycles. The lowest BCUT2D eigenvalue weighted by Crippen LogP contribution is -2.42. The average molecular weight is 910 g/mol. The molecule has 10 bridgehead atoms. The summed E-state index contributed by atoms with van der Waals surface area (Å²) in [5, 5.41) is 29.0. The van der Waals surface area contributed by atoms with Crippen LogP contribution in [0.4, 0.5) is 11.5 Å². The maximum atomic E-state index is 13.3. The van der Waals surface area contributed by atoms with Crippen LogP contribution < -0.4 is 10.6 Å². The van der Waals surface area contributed by atoms with E-state index in [1.54, 1.807) is 24.3 Å². The second-order valence-corrected chi connectivity index (χ2v) is 19.0. The number of allylic oxidation sites excluding steroid dienone is 1. The monoisotopic (exact) mass is 909 g/mol. The standard InChI is InChI=1S/C29H33N7O2.C25H26N4O/c37-23-15-31-26-13-20(3-8-30-26)28-32-14-21-6-12-36(29(21)33-28)18-27(38)35-10-4-19(5-11-35)24-2-1-22-16-34(17-23)9-7-25(22)24;30-22(16-29-12-11-18-5-1-2-6-20(18)15-29)14-26-21-8-3-7-19(13-21)23-9-4-10-24-25(23)28-17-27-24/h1-3,6,8,12-14,19,23-24,37H,4-5,7,9-11,15-18H2,(H,30,31);1-10,13,17,22,26,30H,11-12,14-16H2,(H,27,28). The number of amides is 1. The van der Waals surface area contributed by atoms with Crippen LogP contribution in [0.25, 0.3) is 44.6 Å². The number of anilines is 2. The molecule has 1 fully saturated rings. The molecule has 6 aliphatic heterocycles. The number of H-pyrrole nitrogens is 1. The summed E-state index contributed by atoms with van der Waals surface area (Å²) in [6.45, 7) is 7.90. The van der Waals surface area contributed by atoms with Crippen LogP contribution in [-0.4, -0.2) is 131 Å². The minimum Gasteiger partial charge on any atom is -0.390 e. The zero-order valence-corrected chi connectivity index (χ0v) is 38.3. The molecule has 4 unspecified atom stereocenters. The number of aromatic nitrogens is 6.